The van der Waals surface area contributed by atoms with Crippen LogP contribution in [-0.2, 0) is 6.54 Å². The van der Waals surface area contributed by atoms with Crippen molar-refractivity contribution in [3.8, 4) is 0 Å². The molecule has 2 aromatic carbocycles. The molecule has 1 aromatic heterocycles. The molecular formula is C19H14F2N2O2. The van der Waals surface area contributed by atoms with E-state index in [1.165, 1.54) is 47.0 Å². The maximum atomic E-state index is 13.0. The van der Waals surface area contributed by atoms with Crippen LogP contribution in [0.25, 0.3) is 0 Å². The number of aromatic nitrogens is 1. The van der Waals surface area contributed by atoms with Gasteiger partial charge in [0.25, 0.3) is 11.5 Å². The molecule has 0 bridgehead atoms. The Balaban J connectivity index is 1.82. The number of halogens is 2. The molecule has 0 saturated heterocycles. The maximum Gasteiger partial charge on any atom is 0.263 e. The molecule has 3 rings (SSSR count). The molecule has 0 atom stereocenters. The van der Waals surface area contributed by atoms with Crippen LogP contribution >= 0.6 is 0 Å². The Kier molecular flexibility index (Phi) is 4.70. The quantitative estimate of drug-likeness (QED) is 0.791. The molecular weight excluding hydrogens is 326 g/mol. The van der Waals surface area contributed by atoms with Gasteiger partial charge in [0.2, 0.25) is 0 Å². The third kappa shape index (κ3) is 3.98. The summed E-state index contributed by atoms with van der Waals surface area (Å²) in [6.07, 6.45) is 1.56. The molecule has 0 aliphatic rings. The van der Waals surface area contributed by atoms with E-state index in [0.29, 0.717) is 5.69 Å². The SMILES string of the molecule is O=C(Nc1ccc(F)cc1)c1cccn(Cc2ccc(F)cc2)c1=O. The predicted molar refractivity (Wildman–Crippen MR) is 90.6 cm³/mol. The number of pyridine rings is 1. The van der Waals surface area contributed by atoms with Gasteiger partial charge in [-0.05, 0) is 54.1 Å². The smallest absolute Gasteiger partial charge is 0.263 e. The molecule has 4 nitrogen and oxygen atoms in total. The zero-order chi connectivity index (χ0) is 17.8. The first kappa shape index (κ1) is 16.6. The lowest BCUT2D eigenvalue weighted by molar-refractivity contribution is 0.102. The van der Waals surface area contributed by atoms with E-state index in [1.807, 2.05) is 0 Å². The van der Waals surface area contributed by atoms with Crippen LogP contribution in [0.2, 0.25) is 0 Å². The lowest BCUT2D eigenvalue weighted by atomic mass is 10.2. The van der Waals surface area contributed by atoms with Gasteiger partial charge in [-0.3, -0.25) is 9.59 Å². The number of nitrogens with zero attached hydrogens (tertiary/aromatic N) is 1. The molecule has 1 amide bonds. The normalized spacial score (nSPS) is 10.5. The van der Waals surface area contributed by atoms with Gasteiger partial charge in [0.15, 0.2) is 0 Å². The van der Waals surface area contributed by atoms with E-state index in [0.717, 1.165) is 5.56 Å². The maximum absolute atomic E-state index is 13.0. The molecule has 0 fully saturated rings. The molecule has 1 heterocycles. The minimum Gasteiger partial charge on any atom is -0.322 e. The number of carbonyl (C=O) groups is 1. The molecule has 1 N–H and O–H groups in total. The van der Waals surface area contributed by atoms with E-state index >= 15 is 0 Å². The van der Waals surface area contributed by atoms with Crippen molar-refractivity contribution in [2.45, 2.75) is 6.54 Å². The molecule has 0 unspecified atom stereocenters. The summed E-state index contributed by atoms with van der Waals surface area (Å²) in [7, 11) is 0. The second-order valence-electron chi connectivity index (χ2n) is 5.44. The number of amides is 1. The lowest BCUT2D eigenvalue weighted by Gasteiger charge is -2.09. The largest absolute Gasteiger partial charge is 0.322 e. The summed E-state index contributed by atoms with van der Waals surface area (Å²) in [6, 6.07) is 14.0. The fraction of sp³-hybridized carbons (Fsp3) is 0.0526. The summed E-state index contributed by atoms with van der Waals surface area (Å²) in [6.45, 7) is 0.219. The highest BCUT2D eigenvalue weighted by atomic mass is 19.1. The fourth-order valence-electron chi connectivity index (χ4n) is 2.35. The van der Waals surface area contributed by atoms with Crippen LogP contribution in [0, 0.1) is 11.6 Å². The van der Waals surface area contributed by atoms with E-state index in [9.17, 15) is 18.4 Å². The summed E-state index contributed by atoms with van der Waals surface area (Å²) in [5.41, 5.74) is 0.625. The van der Waals surface area contributed by atoms with Gasteiger partial charge in [-0.25, -0.2) is 8.78 Å². The first-order valence-electron chi connectivity index (χ1n) is 7.54. The zero-order valence-corrected chi connectivity index (χ0v) is 13.1. The van der Waals surface area contributed by atoms with Crippen LogP contribution < -0.4 is 10.9 Å². The topological polar surface area (TPSA) is 51.1 Å². The molecule has 0 saturated carbocycles. The number of carbonyl (C=O) groups excluding carboxylic acids is 1. The predicted octanol–water partition coefficient (Wildman–Crippen LogP) is 3.43. The van der Waals surface area contributed by atoms with Gasteiger partial charge in [-0.1, -0.05) is 12.1 Å². The van der Waals surface area contributed by atoms with E-state index in [-0.39, 0.29) is 17.9 Å². The monoisotopic (exact) mass is 340 g/mol. The first-order valence-corrected chi connectivity index (χ1v) is 7.54. The van der Waals surface area contributed by atoms with Crippen LogP contribution in [0.5, 0.6) is 0 Å². The molecule has 0 radical (unpaired) electrons. The minimum absolute atomic E-state index is 0.0334. The van der Waals surface area contributed by atoms with Crippen molar-refractivity contribution >= 4 is 11.6 Å². The highest BCUT2D eigenvalue weighted by molar-refractivity contribution is 6.03. The van der Waals surface area contributed by atoms with Crippen molar-refractivity contribution in [2.24, 2.45) is 0 Å². The molecule has 3 aromatic rings. The lowest BCUT2D eigenvalue weighted by Crippen LogP contribution is -2.29. The third-order valence-electron chi connectivity index (χ3n) is 3.63. The van der Waals surface area contributed by atoms with Crippen LogP contribution in [-0.4, -0.2) is 10.5 Å². The van der Waals surface area contributed by atoms with Gasteiger partial charge >= 0.3 is 0 Å². The van der Waals surface area contributed by atoms with Gasteiger partial charge in [-0.15, -0.1) is 0 Å². The Bertz CT molecular complexity index is 948. The first-order chi connectivity index (χ1) is 12.0. The van der Waals surface area contributed by atoms with E-state index in [1.54, 1.807) is 24.4 Å². The van der Waals surface area contributed by atoms with Gasteiger partial charge in [0.05, 0.1) is 6.54 Å². The number of hydrogen-bond donors (Lipinski definition) is 1. The molecule has 0 aliphatic heterocycles. The Morgan fingerprint density at radius 2 is 1.52 bits per heavy atom. The summed E-state index contributed by atoms with van der Waals surface area (Å²) in [5.74, 6) is -1.35. The van der Waals surface area contributed by atoms with Crippen molar-refractivity contribution in [1.82, 2.24) is 4.57 Å². The van der Waals surface area contributed by atoms with Crippen LogP contribution in [0.4, 0.5) is 14.5 Å². The van der Waals surface area contributed by atoms with Crippen molar-refractivity contribution in [1.29, 1.82) is 0 Å². The van der Waals surface area contributed by atoms with E-state index < -0.39 is 17.3 Å². The van der Waals surface area contributed by atoms with Gasteiger partial charge in [0.1, 0.15) is 17.2 Å². The van der Waals surface area contributed by atoms with Crippen LogP contribution in [0.1, 0.15) is 15.9 Å². The standard InChI is InChI=1S/C19H14F2N2O2/c20-14-5-3-13(4-6-14)12-23-11-1-2-17(19(23)25)18(24)22-16-9-7-15(21)8-10-16/h1-11H,12H2,(H,22,24). The van der Waals surface area contributed by atoms with Gasteiger partial charge in [0, 0.05) is 11.9 Å². The summed E-state index contributed by atoms with van der Waals surface area (Å²) < 4.78 is 27.2. The summed E-state index contributed by atoms with van der Waals surface area (Å²) in [4.78, 5) is 24.8. The molecule has 126 valence electrons. The van der Waals surface area contributed by atoms with E-state index in [2.05, 4.69) is 5.32 Å². The number of hydrogen-bond acceptors (Lipinski definition) is 2. The summed E-state index contributed by atoms with van der Waals surface area (Å²) in [5, 5.41) is 2.56. The Morgan fingerprint density at radius 1 is 0.920 bits per heavy atom. The second kappa shape index (κ2) is 7.09. The van der Waals surface area contributed by atoms with Crippen molar-refractivity contribution in [3.63, 3.8) is 0 Å². The van der Waals surface area contributed by atoms with Crippen molar-refractivity contribution in [3.05, 3.63) is 100.0 Å². The van der Waals surface area contributed by atoms with Crippen molar-refractivity contribution in [2.75, 3.05) is 5.32 Å². The Labute approximate surface area is 142 Å². The number of benzene rings is 2. The number of rotatable bonds is 4. The summed E-state index contributed by atoms with van der Waals surface area (Å²) >= 11 is 0. The van der Waals surface area contributed by atoms with Gasteiger partial charge < -0.3 is 9.88 Å². The van der Waals surface area contributed by atoms with Crippen LogP contribution in [0.3, 0.4) is 0 Å². The average molecular weight is 340 g/mol. The molecule has 25 heavy (non-hydrogen) atoms. The average Bonchev–Trinajstić information content (AvgIpc) is 2.60. The Hall–Kier alpha value is -3.28. The molecule has 6 heteroatoms. The highest BCUT2D eigenvalue weighted by Crippen LogP contribution is 2.10. The van der Waals surface area contributed by atoms with E-state index in [4.69, 9.17) is 0 Å². The minimum atomic E-state index is -0.579. The van der Waals surface area contributed by atoms with Crippen molar-refractivity contribution < 1.29 is 13.6 Å². The third-order valence-corrected chi connectivity index (χ3v) is 3.63. The van der Waals surface area contributed by atoms with Crippen LogP contribution in [0.15, 0.2) is 71.7 Å². The number of anilines is 1. The number of nitrogens with one attached hydrogen (secondary N) is 1. The second-order valence-corrected chi connectivity index (χ2v) is 5.44. The molecule has 0 aliphatic carbocycles. The zero-order valence-electron chi connectivity index (χ0n) is 13.1. The molecule has 0 spiro atoms. The highest BCUT2D eigenvalue weighted by Gasteiger charge is 2.12. The Morgan fingerprint density at radius 3 is 2.16 bits per heavy atom. The van der Waals surface area contributed by atoms with Gasteiger partial charge in [-0.2, -0.15) is 0 Å². The fourth-order valence-corrected chi connectivity index (χ4v) is 2.35.